The van der Waals surface area contributed by atoms with Gasteiger partial charge in [0.1, 0.15) is 16.6 Å². The van der Waals surface area contributed by atoms with Crippen LogP contribution in [0.1, 0.15) is 13.8 Å². The molecule has 0 radical (unpaired) electrons. The first-order valence-electron chi connectivity index (χ1n) is 5.12. The molecule has 0 saturated heterocycles. The minimum Gasteiger partial charge on any atom is -0.480 e. The predicted molar refractivity (Wildman–Crippen MR) is 68.4 cm³/mol. The Balaban J connectivity index is 5.50. The second-order valence-electron chi connectivity index (χ2n) is 2.91. The molecule has 98 valence electrons. The molecule has 6 nitrogen and oxygen atoms in total. The van der Waals surface area contributed by atoms with Gasteiger partial charge in [0, 0.05) is 0 Å². The van der Waals surface area contributed by atoms with Gasteiger partial charge in [-0.1, -0.05) is 12.2 Å². The zero-order chi connectivity index (χ0) is 14.1. The fourth-order valence-electron chi connectivity index (χ4n) is 0.934. The summed E-state index contributed by atoms with van der Waals surface area (Å²) in [5.41, 5.74) is 4.86. The summed E-state index contributed by atoms with van der Waals surface area (Å²) in [7, 11) is 0. The maximum absolute atomic E-state index is 11.6. The molecule has 0 amide bonds. The van der Waals surface area contributed by atoms with Gasteiger partial charge >= 0.3 is 5.97 Å². The Morgan fingerprint density at radius 3 is 2.39 bits per heavy atom. The number of ether oxygens (including phenoxy) is 2. The monoisotopic (exact) mass is 270 g/mol. The van der Waals surface area contributed by atoms with Gasteiger partial charge in [0.2, 0.25) is 0 Å². The van der Waals surface area contributed by atoms with Crippen molar-refractivity contribution in [1.29, 1.82) is 5.26 Å². The molecule has 18 heavy (non-hydrogen) atoms. The predicted octanol–water partition coefficient (Wildman–Crippen LogP) is 1.09. The Bertz CT molecular complexity index is 435. The van der Waals surface area contributed by atoms with Crippen molar-refractivity contribution in [3.05, 3.63) is 23.2 Å². The number of aliphatic hydroxyl groups is 1. The maximum Gasteiger partial charge on any atom is 0.345 e. The number of hydrogen-bond donors (Lipinski definition) is 2. The molecule has 0 bridgehead atoms. The summed E-state index contributed by atoms with van der Waals surface area (Å²) in [6.07, 6.45) is 1.03. The van der Waals surface area contributed by atoms with Gasteiger partial charge in [0.05, 0.1) is 18.8 Å². The highest BCUT2D eigenvalue weighted by Gasteiger charge is 2.17. The lowest BCUT2D eigenvalue weighted by Gasteiger charge is -2.07. The Morgan fingerprint density at radius 2 is 2.00 bits per heavy atom. The largest absolute Gasteiger partial charge is 0.480 e. The summed E-state index contributed by atoms with van der Waals surface area (Å²) >= 11 is 4.63. The van der Waals surface area contributed by atoms with Crippen LogP contribution in [0.4, 0.5) is 0 Å². The SMILES string of the molecule is CCOC(=O)C(C=C(C#N)C(N)=S)=C(O)OCC. The van der Waals surface area contributed by atoms with E-state index in [9.17, 15) is 9.90 Å². The van der Waals surface area contributed by atoms with Crippen LogP contribution in [-0.4, -0.2) is 29.3 Å². The first kappa shape index (κ1) is 15.9. The molecule has 0 rings (SSSR count). The molecule has 0 unspecified atom stereocenters. The van der Waals surface area contributed by atoms with Crippen molar-refractivity contribution in [1.82, 2.24) is 0 Å². The van der Waals surface area contributed by atoms with E-state index in [1.54, 1.807) is 19.9 Å². The van der Waals surface area contributed by atoms with Gasteiger partial charge in [-0.2, -0.15) is 5.26 Å². The van der Waals surface area contributed by atoms with E-state index >= 15 is 0 Å². The van der Waals surface area contributed by atoms with Crippen LogP contribution >= 0.6 is 12.2 Å². The topological polar surface area (TPSA) is 106 Å². The van der Waals surface area contributed by atoms with E-state index in [2.05, 4.69) is 12.2 Å². The quantitative estimate of drug-likeness (QED) is 0.186. The van der Waals surface area contributed by atoms with E-state index in [1.165, 1.54) is 0 Å². The van der Waals surface area contributed by atoms with E-state index < -0.39 is 11.9 Å². The summed E-state index contributed by atoms with van der Waals surface area (Å²) < 4.78 is 9.51. The Morgan fingerprint density at radius 1 is 1.44 bits per heavy atom. The lowest BCUT2D eigenvalue weighted by molar-refractivity contribution is -0.138. The minimum atomic E-state index is -0.826. The summed E-state index contributed by atoms with van der Waals surface area (Å²) in [5.74, 6) is -1.47. The van der Waals surface area contributed by atoms with Gasteiger partial charge in [0.25, 0.3) is 5.95 Å². The van der Waals surface area contributed by atoms with Crippen LogP contribution in [0.2, 0.25) is 0 Å². The number of esters is 1. The summed E-state index contributed by atoms with van der Waals surface area (Å²) in [5, 5.41) is 18.3. The van der Waals surface area contributed by atoms with Crippen molar-refractivity contribution in [3.63, 3.8) is 0 Å². The zero-order valence-electron chi connectivity index (χ0n) is 10.1. The minimum absolute atomic E-state index is 0.116. The molecule has 0 saturated carbocycles. The Kier molecular flexibility index (Phi) is 7.15. The molecule has 0 fully saturated rings. The van der Waals surface area contributed by atoms with Gasteiger partial charge in [-0.15, -0.1) is 0 Å². The lowest BCUT2D eigenvalue weighted by atomic mass is 10.1. The van der Waals surface area contributed by atoms with E-state index in [-0.39, 0.29) is 29.3 Å². The van der Waals surface area contributed by atoms with Crippen LogP contribution in [0.15, 0.2) is 23.2 Å². The highest BCUT2D eigenvalue weighted by Crippen LogP contribution is 2.11. The average molecular weight is 270 g/mol. The van der Waals surface area contributed by atoms with E-state index in [0.29, 0.717) is 0 Å². The highest BCUT2D eigenvalue weighted by atomic mass is 32.1. The first-order chi connectivity index (χ1) is 8.47. The van der Waals surface area contributed by atoms with Gasteiger partial charge < -0.3 is 20.3 Å². The number of carbonyl (C=O) groups excluding carboxylic acids is 1. The van der Waals surface area contributed by atoms with Crippen LogP contribution in [0.3, 0.4) is 0 Å². The van der Waals surface area contributed by atoms with Crippen LogP contribution in [0.5, 0.6) is 0 Å². The molecule has 7 heteroatoms. The van der Waals surface area contributed by atoms with Crippen LogP contribution in [-0.2, 0) is 14.3 Å². The third-order valence-corrected chi connectivity index (χ3v) is 1.90. The lowest BCUT2D eigenvalue weighted by Crippen LogP contribution is -2.14. The standard InChI is InChI=1S/C11H14N2O4S/c1-3-16-10(14)8(11(15)17-4-2)5-7(6-12)9(13)18/h5,14H,3-4H2,1-2H3,(H2,13,18). The highest BCUT2D eigenvalue weighted by molar-refractivity contribution is 7.80. The Labute approximate surface area is 110 Å². The van der Waals surface area contributed by atoms with Crippen molar-refractivity contribution in [3.8, 4) is 6.07 Å². The fraction of sp³-hybridized carbons (Fsp3) is 0.364. The summed E-state index contributed by atoms with van der Waals surface area (Å²) in [4.78, 5) is 11.4. The average Bonchev–Trinajstić information content (AvgIpc) is 2.30. The van der Waals surface area contributed by atoms with Gasteiger partial charge in [-0.05, 0) is 19.9 Å². The molecular weight excluding hydrogens is 256 g/mol. The third kappa shape index (κ3) is 4.84. The molecule has 0 aliphatic rings. The van der Waals surface area contributed by atoms with E-state index in [0.717, 1.165) is 6.08 Å². The van der Waals surface area contributed by atoms with E-state index in [1.807, 2.05) is 0 Å². The van der Waals surface area contributed by atoms with Gasteiger partial charge in [0.15, 0.2) is 0 Å². The van der Waals surface area contributed by atoms with E-state index in [4.69, 9.17) is 20.5 Å². The molecule has 0 atom stereocenters. The summed E-state index contributed by atoms with van der Waals surface area (Å²) in [6, 6.07) is 1.71. The molecule has 0 aromatic carbocycles. The molecule has 0 heterocycles. The van der Waals surface area contributed by atoms with Gasteiger partial charge in [-0.25, -0.2) is 4.79 Å². The molecule has 0 aliphatic carbocycles. The van der Waals surface area contributed by atoms with Crippen molar-refractivity contribution in [2.75, 3.05) is 13.2 Å². The number of nitrogens with zero attached hydrogens (tertiary/aromatic N) is 1. The van der Waals surface area contributed by atoms with Gasteiger partial charge in [-0.3, -0.25) is 0 Å². The molecule has 0 aromatic heterocycles. The molecule has 3 N–H and O–H groups in total. The van der Waals surface area contributed by atoms with Crippen LogP contribution in [0.25, 0.3) is 0 Å². The molecule has 0 aromatic rings. The number of thiocarbonyl (C=S) groups is 1. The number of aliphatic hydroxyl groups excluding tert-OH is 1. The number of carbonyl (C=O) groups is 1. The number of nitriles is 1. The van der Waals surface area contributed by atoms with Crippen molar-refractivity contribution < 1.29 is 19.4 Å². The number of hydrogen-bond acceptors (Lipinski definition) is 6. The first-order valence-corrected chi connectivity index (χ1v) is 5.53. The second kappa shape index (κ2) is 8.08. The van der Waals surface area contributed by atoms with Crippen molar-refractivity contribution in [2.24, 2.45) is 5.73 Å². The molecule has 0 aliphatic heterocycles. The summed E-state index contributed by atoms with van der Waals surface area (Å²) in [6.45, 7) is 3.50. The van der Waals surface area contributed by atoms with Crippen molar-refractivity contribution >= 4 is 23.2 Å². The maximum atomic E-state index is 11.6. The fourth-order valence-corrected chi connectivity index (χ4v) is 1.04. The van der Waals surface area contributed by atoms with Crippen molar-refractivity contribution in [2.45, 2.75) is 13.8 Å². The Hall–Kier alpha value is -2.07. The number of nitrogens with two attached hydrogens (primary N) is 1. The molecule has 0 spiro atoms. The zero-order valence-corrected chi connectivity index (χ0v) is 10.9. The normalized spacial score (nSPS) is 12.2. The number of rotatable bonds is 6. The molecular formula is C11H14N2O4S. The van der Waals surface area contributed by atoms with Crippen LogP contribution < -0.4 is 5.73 Å². The third-order valence-electron chi connectivity index (χ3n) is 1.68. The smallest absolute Gasteiger partial charge is 0.345 e. The van der Waals surface area contributed by atoms with Crippen LogP contribution in [0, 0.1) is 11.3 Å². The second-order valence-corrected chi connectivity index (χ2v) is 3.35.